The summed E-state index contributed by atoms with van der Waals surface area (Å²) in [6.07, 6.45) is 8.14. The number of pyridine rings is 1. The van der Waals surface area contributed by atoms with Gasteiger partial charge in [-0.2, -0.15) is 0 Å². The summed E-state index contributed by atoms with van der Waals surface area (Å²) in [6, 6.07) is 4.77. The number of aromatic nitrogens is 1. The van der Waals surface area contributed by atoms with Crippen LogP contribution in [0.15, 0.2) is 24.5 Å². The van der Waals surface area contributed by atoms with Crippen LogP contribution >= 0.6 is 0 Å². The molecule has 0 aliphatic carbocycles. The first-order valence-electron chi connectivity index (χ1n) is 6.98. The predicted molar refractivity (Wildman–Crippen MR) is 73.6 cm³/mol. The molecule has 3 heteroatoms. The van der Waals surface area contributed by atoms with Crippen LogP contribution < -0.4 is 5.32 Å². The Balaban J connectivity index is 1.74. The Morgan fingerprint density at radius 3 is 2.94 bits per heavy atom. The molecular formula is C15H24N2O. The molecule has 18 heavy (non-hydrogen) atoms. The summed E-state index contributed by atoms with van der Waals surface area (Å²) in [5, 5.41) is 3.66. The summed E-state index contributed by atoms with van der Waals surface area (Å²) >= 11 is 0. The minimum Gasteiger partial charge on any atom is -0.375 e. The molecule has 100 valence electrons. The van der Waals surface area contributed by atoms with Crippen molar-refractivity contribution < 1.29 is 4.74 Å². The molecule has 0 amide bonds. The molecule has 1 saturated heterocycles. The van der Waals surface area contributed by atoms with Crippen molar-refractivity contribution >= 4 is 0 Å². The van der Waals surface area contributed by atoms with E-state index in [1.807, 2.05) is 12.4 Å². The van der Waals surface area contributed by atoms with Gasteiger partial charge in [0.05, 0.1) is 5.60 Å². The van der Waals surface area contributed by atoms with Gasteiger partial charge in [-0.05, 0) is 56.8 Å². The Bertz CT molecular complexity index is 355. The second-order valence-electron chi connectivity index (χ2n) is 5.40. The second kappa shape index (κ2) is 6.30. The van der Waals surface area contributed by atoms with Crippen molar-refractivity contribution in [3.63, 3.8) is 0 Å². The maximum Gasteiger partial charge on any atom is 0.0666 e. The van der Waals surface area contributed by atoms with Crippen LogP contribution in [0.2, 0.25) is 0 Å². The number of hydrogen-bond acceptors (Lipinski definition) is 3. The summed E-state index contributed by atoms with van der Waals surface area (Å²) in [5.74, 6) is 0. The van der Waals surface area contributed by atoms with Crippen molar-refractivity contribution in [3.8, 4) is 0 Å². The van der Waals surface area contributed by atoms with Crippen LogP contribution in [0.5, 0.6) is 0 Å². The van der Waals surface area contributed by atoms with Crippen LogP contribution in [0, 0.1) is 0 Å². The number of hydrogen-bond donors (Lipinski definition) is 1. The van der Waals surface area contributed by atoms with E-state index in [1.165, 1.54) is 5.56 Å². The first kappa shape index (κ1) is 13.5. The molecule has 1 fully saturated rings. The second-order valence-corrected chi connectivity index (χ2v) is 5.40. The average molecular weight is 248 g/mol. The number of nitrogens with zero attached hydrogens (tertiary/aromatic N) is 1. The van der Waals surface area contributed by atoms with Gasteiger partial charge in [0.25, 0.3) is 0 Å². The molecular weight excluding hydrogens is 224 g/mol. The summed E-state index contributed by atoms with van der Waals surface area (Å²) in [4.78, 5) is 4.04. The van der Waals surface area contributed by atoms with Crippen molar-refractivity contribution in [2.75, 3.05) is 13.2 Å². The monoisotopic (exact) mass is 248 g/mol. The fraction of sp³-hybridized carbons (Fsp3) is 0.667. The van der Waals surface area contributed by atoms with Gasteiger partial charge in [0.1, 0.15) is 0 Å². The molecule has 0 saturated carbocycles. The minimum absolute atomic E-state index is 0.0760. The van der Waals surface area contributed by atoms with Crippen LogP contribution in [0.1, 0.15) is 38.7 Å². The lowest BCUT2D eigenvalue weighted by Crippen LogP contribution is -2.45. The van der Waals surface area contributed by atoms with Gasteiger partial charge >= 0.3 is 0 Å². The Morgan fingerprint density at radius 2 is 2.22 bits per heavy atom. The number of nitrogens with one attached hydrogen (secondary N) is 1. The number of rotatable bonds is 5. The fourth-order valence-electron chi connectivity index (χ4n) is 2.52. The highest BCUT2D eigenvalue weighted by Crippen LogP contribution is 2.27. The maximum absolute atomic E-state index is 5.86. The van der Waals surface area contributed by atoms with E-state index < -0.39 is 0 Å². The third kappa shape index (κ3) is 3.79. The zero-order chi connectivity index (χ0) is 12.8. The average Bonchev–Trinajstić information content (AvgIpc) is 2.40. The van der Waals surface area contributed by atoms with Gasteiger partial charge < -0.3 is 10.1 Å². The maximum atomic E-state index is 5.86. The van der Waals surface area contributed by atoms with E-state index in [0.717, 1.165) is 38.8 Å². The summed E-state index contributed by atoms with van der Waals surface area (Å²) < 4.78 is 5.86. The van der Waals surface area contributed by atoms with E-state index in [1.54, 1.807) is 0 Å². The lowest BCUT2D eigenvalue weighted by atomic mass is 9.90. The number of ether oxygens (including phenoxy) is 1. The van der Waals surface area contributed by atoms with Crippen molar-refractivity contribution in [1.82, 2.24) is 10.3 Å². The third-order valence-electron chi connectivity index (χ3n) is 3.94. The zero-order valence-corrected chi connectivity index (χ0v) is 11.5. The van der Waals surface area contributed by atoms with E-state index in [4.69, 9.17) is 4.74 Å². The van der Waals surface area contributed by atoms with Gasteiger partial charge in [0.2, 0.25) is 0 Å². The first-order valence-corrected chi connectivity index (χ1v) is 6.98. The lowest BCUT2D eigenvalue weighted by Gasteiger charge is -2.38. The Kier molecular flexibility index (Phi) is 4.72. The van der Waals surface area contributed by atoms with E-state index in [0.29, 0.717) is 6.04 Å². The Labute approximate surface area is 110 Å². The van der Waals surface area contributed by atoms with Gasteiger partial charge in [-0.25, -0.2) is 0 Å². The molecule has 0 bridgehead atoms. The summed E-state index contributed by atoms with van der Waals surface area (Å²) in [6.45, 7) is 6.36. The molecule has 2 unspecified atom stereocenters. The zero-order valence-electron chi connectivity index (χ0n) is 11.5. The van der Waals surface area contributed by atoms with Crippen LogP contribution in [0.4, 0.5) is 0 Å². The van der Waals surface area contributed by atoms with Gasteiger partial charge in [0, 0.05) is 25.0 Å². The predicted octanol–water partition coefficient (Wildman–Crippen LogP) is 2.56. The normalized spacial score (nSPS) is 28.2. The van der Waals surface area contributed by atoms with E-state index in [2.05, 4.69) is 36.3 Å². The smallest absolute Gasteiger partial charge is 0.0666 e. The van der Waals surface area contributed by atoms with Gasteiger partial charge in [-0.3, -0.25) is 4.98 Å². The molecule has 2 rings (SSSR count). The fourth-order valence-corrected chi connectivity index (χ4v) is 2.52. The topological polar surface area (TPSA) is 34.2 Å². The molecule has 0 spiro atoms. The summed E-state index contributed by atoms with van der Waals surface area (Å²) in [7, 11) is 0. The van der Waals surface area contributed by atoms with Gasteiger partial charge in [0.15, 0.2) is 0 Å². The molecule has 1 aliphatic rings. The highest BCUT2D eigenvalue weighted by Gasteiger charge is 2.31. The molecule has 1 aromatic heterocycles. The molecule has 0 aromatic carbocycles. The Morgan fingerprint density at radius 1 is 1.44 bits per heavy atom. The van der Waals surface area contributed by atoms with Crippen molar-refractivity contribution in [2.45, 2.75) is 51.2 Å². The first-order chi connectivity index (χ1) is 8.72. The lowest BCUT2D eigenvalue weighted by molar-refractivity contribution is -0.0778. The van der Waals surface area contributed by atoms with Crippen LogP contribution in [0.3, 0.4) is 0 Å². The van der Waals surface area contributed by atoms with Crippen LogP contribution in [0.25, 0.3) is 0 Å². The highest BCUT2D eigenvalue weighted by atomic mass is 16.5. The van der Waals surface area contributed by atoms with Crippen LogP contribution in [-0.4, -0.2) is 29.8 Å². The van der Waals surface area contributed by atoms with E-state index in [9.17, 15) is 0 Å². The highest BCUT2D eigenvalue weighted by molar-refractivity contribution is 5.09. The summed E-state index contributed by atoms with van der Waals surface area (Å²) in [5.41, 5.74) is 1.43. The van der Waals surface area contributed by atoms with Crippen molar-refractivity contribution in [2.24, 2.45) is 0 Å². The van der Waals surface area contributed by atoms with Gasteiger partial charge in [-0.1, -0.05) is 6.92 Å². The van der Waals surface area contributed by atoms with Crippen molar-refractivity contribution in [3.05, 3.63) is 30.1 Å². The third-order valence-corrected chi connectivity index (χ3v) is 3.94. The molecule has 3 nitrogen and oxygen atoms in total. The van der Waals surface area contributed by atoms with Gasteiger partial charge in [-0.15, -0.1) is 0 Å². The molecule has 1 aliphatic heterocycles. The molecule has 1 N–H and O–H groups in total. The van der Waals surface area contributed by atoms with Crippen molar-refractivity contribution in [1.29, 1.82) is 0 Å². The molecule has 1 aromatic rings. The SMILES string of the molecule is CCC1(C)CC(NCCc2ccncc2)CCO1. The van der Waals surface area contributed by atoms with E-state index >= 15 is 0 Å². The Hall–Kier alpha value is -0.930. The molecule has 0 radical (unpaired) electrons. The molecule has 2 atom stereocenters. The standard InChI is InChI=1S/C15H24N2O/c1-3-15(2)12-14(7-11-18-15)17-10-6-13-4-8-16-9-5-13/h4-5,8-9,14,17H,3,6-7,10-12H2,1-2H3. The largest absolute Gasteiger partial charge is 0.375 e. The van der Waals surface area contributed by atoms with E-state index in [-0.39, 0.29) is 5.60 Å². The minimum atomic E-state index is 0.0760. The molecule has 2 heterocycles. The van der Waals surface area contributed by atoms with Crippen LogP contribution in [-0.2, 0) is 11.2 Å². The quantitative estimate of drug-likeness (QED) is 0.869.